The van der Waals surface area contributed by atoms with E-state index in [1.165, 1.54) is 30.7 Å². The molecule has 2 aromatic carbocycles. The average Bonchev–Trinajstić information content (AvgIpc) is 2.84. The van der Waals surface area contributed by atoms with Gasteiger partial charge in [0.05, 0.1) is 0 Å². The van der Waals surface area contributed by atoms with E-state index in [2.05, 4.69) is 25.3 Å². The van der Waals surface area contributed by atoms with E-state index in [-0.39, 0.29) is 17.7 Å². The Morgan fingerprint density at radius 1 is 0.971 bits per heavy atom. The lowest BCUT2D eigenvalue weighted by molar-refractivity contribution is -0.0114. The summed E-state index contributed by atoms with van der Waals surface area (Å²) in [5, 5.41) is 5.68. The van der Waals surface area contributed by atoms with E-state index in [1.54, 1.807) is 12.1 Å². The van der Waals surface area contributed by atoms with E-state index in [4.69, 9.17) is 0 Å². The zero-order valence-electron chi connectivity index (χ0n) is 19.4. The highest BCUT2D eigenvalue weighted by Gasteiger charge is 2.40. The monoisotopic (exact) mass is 469 g/mol. The second-order valence-electron chi connectivity index (χ2n) is 9.80. The Labute approximate surface area is 199 Å². The molecule has 4 saturated heterocycles. The molecule has 0 radical (unpaired) electrons. The number of piperidine rings is 3. The Hall–Kier alpha value is -2.71. The van der Waals surface area contributed by atoms with Crippen molar-refractivity contribution in [2.75, 3.05) is 62.6 Å². The van der Waals surface area contributed by atoms with Crippen molar-refractivity contribution in [1.29, 1.82) is 0 Å². The first-order valence-electron chi connectivity index (χ1n) is 12.3. The van der Waals surface area contributed by atoms with Crippen molar-refractivity contribution in [3.8, 4) is 0 Å². The zero-order valence-corrected chi connectivity index (χ0v) is 19.4. The van der Waals surface area contributed by atoms with E-state index >= 15 is 0 Å². The molecule has 2 amide bonds. The third-order valence-electron chi connectivity index (χ3n) is 7.65. The van der Waals surface area contributed by atoms with Gasteiger partial charge in [-0.3, -0.25) is 9.80 Å². The molecule has 4 fully saturated rings. The minimum Gasteiger partial charge on any atom is -0.369 e. The van der Waals surface area contributed by atoms with Gasteiger partial charge in [-0.25, -0.2) is 13.6 Å². The number of fused-ring (bicyclic) bond motifs is 3. The average molecular weight is 470 g/mol. The van der Waals surface area contributed by atoms with E-state index in [9.17, 15) is 13.6 Å². The topological polar surface area (TPSA) is 50.9 Å². The lowest BCUT2D eigenvalue weighted by Gasteiger charge is -2.51. The lowest BCUT2D eigenvalue weighted by Crippen LogP contribution is -2.59. The van der Waals surface area contributed by atoms with Crippen LogP contribution in [-0.2, 0) is 0 Å². The Bertz CT molecular complexity index is 979. The molecular weight excluding hydrogens is 436 g/mol. The Balaban J connectivity index is 1.06. The van der Waals surface area contributed by atoms with Gasteiger partial charge in [-0.2, -0.15) is 0 Å². The van der Waals surface area contributed by atoms with Crippen molar-refractivity contribution in [3.05, 3.63) is 60.2 Å². The highest BCUT2D eigenvalue weighted by atomic mass is 19.1. The SMILES string of the molecule is O=C(NCC1CC2CCN1CC2CN1CCN(c2ccc(F)cc2)CC1)Nc1cccc(F)c1. The standard InChI is InChI=1S/C26H33F2N5O/c27-21-4-6-24(7-5-21)32-12-10-31(11-13-32)17-20-18-33-9-8-19(20)14-25(33)16-29-26(34)30-23-3-1-2-22(28)15-23/h1-7,15,19-20,25H,8-14,16-18H2,(H2,29,30,34). The predicted octanol–water partition coefficient (Wildman–Crippen LogP) is 3.62. The maximum Gasteiger partial charge on any atom is 0.319 e. The van der Waals surface area contributed by atoms with Crippen molar-refractivity contribution in [2.24, 2.45) is 11.8 Å². The molecule has 2 aromatic rings. The van der Waals surface area contributed by atoms with Crippen LogP contribution in [0, 0.1) is 23.5 Å². The highest BCUT2D eigenvalue weighted by Crippen LogP contribution is 2.36. The van der Waals surface area contributed by atoms with Gasteiger partial charge in [-0.05, 0) is 73.7 Å². The first-order valence-corrected chi connectivity index (χ1v) is 12.3. The molecule has 182 valence electrons. The number of urea groups is 1. The summed E-state index contributed by atoms with van der Waals surface area (Å²) in [7, 11) is 0. The summed E-state index contributed by atoms with van der Waals surface area (Å²) in [6.07, 6.45) is 2.34. The molecular formula is C26H33F2N5O. The van der Waals surface area contributed by atoms with Crippen LogP contribution in [0.15, 0.2) is 48.5 Å². The van der Waals surface area contributed by atoms with Crippen LogP contribution in [-0.4, -0.2) is 74.2 Å². The fraction of sp³-hybridized carbons (Fsp3) is 0.500. The molecule has 4 unspecified atom stereocenters. The number of nitrogens with zero attached hydrogens (tertiary/aromatic N) is 3. The molecule has 0 aliphatic carbocycles. The fourth-order valence-electron chi connectivity index (χ4n) is 5.79. The number of halogens is 2. The minimum absolute atomic E-state index is 0.189. The number of amides is 2. The largest absolute Gasteiger partial charge is 0.369 e. The minimum atomic E-state index is -0.364. The van der Waals surface area contributed by atoms with Gasteiger partial charge in [0.15, 0.2) is 0 Å². The molecule has 4 aliphatic heterocycles. The van der Waals surface area contributed by atoms with Crippen LogP contribution in [0.3, 0.4) is 0 Å². The summed E-state index contributed by atoms with van der Waals surface area (Å²) in [5.41, 5.74) is 1.56. The van der Waals surface area contributed by atoms with Crippen LogP contribution in [0.25, 0.3) is 0 Å². The molecule has 2 bridgehead atoms. The normalized spacial score (nSPS) is 26.9. The molecule has 8 heteroatoms. The summed E-state index contributed by atoms with van der Waals surface area (Å²) < 4.78 is 26.5. The van der Waals surface area contributed by atoms with Crippen molar-refractivity contribution in [1.82, 2.24) is 15.1 Å². The Kier molecular flexibility index (Phi) is 6.97. The molecule has 4 heterocycles. The first-order chi connectivity index (χ1) is 16.5. The van der Waals surface area contributed by atoms with Gasteiger partial charge >= 0.3 is 6.03 Å². The molecule has 6 nitrogen and oxygen atoms in total. The predicted molar refractivity (Wildman–Crippen MR) is 130 cm³/mol. The lowest BCUT2D eigenvalue weighted by atomic mass is 9.75. The number of rotatable bonds is 6. The molecule has 2 N–H and O–H groups in total. The summed E-state index contributed by atoms with van der Waals surface area (Å²) in [4.78, 5) is 19.7. The molecule has 34 heavy (non-hydrogen) atoms. The van der Waals surface area contributed by atoms with Gasteiger partial charge in [0, 0.05) is 63.2 Å². The summed E-state index contributed by atoms with van der Waals surface area (Å²) in [5.74, 6) is 0.809. The van der Waals surface area contributed by atoms with Crippen molar-refractivity contribution in [3.63, 3.8) is 0 Å². The van der Waals surface area contributed by atoms with Crippen molar-refractivity contribution >= 4 is 17.4 Å². The summed E-state index contributed by atoms with van der Waals surface area (Å²) in [6.45, 7) is 7.93. The van der Waals surface area contributed by atoms with Crippen LogP contribution >= 0.6 is 0 Å². The van der Waals surface area contributed by atoms with Gasteiger partial charge in [0.25, 0.3) is 0 Å². The number of hydrogen-bond donors (Lipinski definition) is 2. The zero-order chi connectivity index (χ0) is 23.5. The van der Waals surface area contributed by atoms with Crippen LogP contribution in [0.2, 0.25) is 0 Å². The first kappa shape index (κ1) is 23.1. The number of anilines is 2. The van der Waals surface area contributed by atoms with E-state index in [1.807, 2.05) is 12.1 Å². The highest BCUT2D eigenvalue weighted by molar-refractivity contribution is 5.89. The smallest absolute Gasteiger partial charge is 0.319 e. The third-order valence-corrected chi connectivity index (χ3v) is 7.65. The van der Waals surface area contributed by atoms with E-state index < -0.39 is 0 Å². The molecule has 4 aliphatic rings. The van der Waals surface area contributed by atoms with Gasteiger partial charge in [-0.15, -0.1) is 0 Å². The molecule has 4 atom stereocenters. The van der Waals surface area contributed by atoms with E-state index in [0.29, 0.717) is 30.1 Å². The quantitative estimate of drug-likeness (QED) is 0.679. The van der Waals surface area contributed by atoms with Crippen LogP contribution < -0.4 is 15.5 Å². The van der Waals surface area contributed by atoms with Gasteiger partial charge < -0.3 is 15.5 Å². The number of carbonyl (C=O) groups excluding carboxylic acids is 1. The van der Waals surface area contributed by atoms with Gasteiger partial charge in [0.1, 0.15) is 11.6 Å². The second kappa shape index (κ2) is 10.3. The number of nitrogens with one attached hydrogen (secondary N) is 2. The Morgan fingerprint density at radius 3 is 2.47 bits per heavy atom. The van der Waals surface area contributed by atoms with E-state index in [0.717, 1.165) is 57.9 Å². The number of carbonyl (C=O) groups is 1. The van der Waals surface area contributed by atoms with Crippen LogP contribution in [0.4, 0.5) is 25.0 Å². The molecule has 0 spiro atoms. The number of piperazine rings is 1. The van der Waals surface area contributed by atoms with Crippen molar-refractivity contribution in [2.45, 2.75) is 18.9 Å². The van der Waals surface area contributed by atoms with Gasteiger partial charge in [-0.1, -0.05) is 6.07 Å². The van der Waals surface area contributed by atoms with Crippen molar-refractivity contribution < 1.29 is 13.6 Å². The summed E-state index contributed by atoms with van der Waals surface area (Å²) in [6, 6.07) is 12.8. The van der Waals surface area contributed by atoms with Crippen LogP contribution in [0.5, 0.6) is 0 Å². The number of benzene rings is 2. The van der Waals surface area contributed by atoms with Gasteiger partial charge in [0.2, 0.25) is 0 Å². The maximum absolute atomic E-state index is 13.3. The fourth-order valence-corrected chi connectivity index (χ4v) is 5.79. The second-order valence-corrected chi connectivity index (χ2v) is 9.80. The number of hydrogen-bond acceptors (Lipinski definition) is 4. The van der Waals surface area contributed by atoms with Crippen LogP contribution in [0.1, 0.15) is 12.8 Å². The maximum atomic E-state index is 13.3. The summed E-state index contributed by atoms with van der Waals surface area (Å²) >= 11 is 0. The third kappa shape index (κ3) is 5.50. The molecule has 0 aromatic heterocycles. The molecule has 6 rings (SSSR count). The molecule has 0 saturated carbocycles. The Morgan fingerprint density at radius 2 is 1.76 bits per heavy atom.